The molecule has 0 N–H and O–H groups in total. The number of aromatic nitrogens is 2. The van der Waals surface area contributed by atoms with Crippen molar-refractivity contribution in [3.05, 3.63) is 54.1 Å². The lowest BCUT2D eigenvalue weighted by Crippen LogP contribution is -2.16. The standard InChI is InChI=1S/C14H15N3O/c1-11(18)14-6-5-13(9-16-14)17(2)10-12-4-3-7-15-8-12/h3-9H,10H2,1-2H3. The Balaban J connectivity index is 2.09. The Morgan fingerprint density at radius 1 is 1.28 bits per heavy atom. The van der Waals surface area contributed by atoms with Crippen LogP contribution in [0.1, 0.15) is 23.0 Å². The zero-order chi connectivity index (χ0) is 13.0. The van der Waals surface area contributed by atoms with Crippen LogP contribution in [-0.4, -0.2) is 22.8 Å². The van der Waals surface area contributed by atoms with Crippen molar-refractivity contribution >= 4 is 11.5 Å². The van der Waals surface area contributed by atoms with Crippen molar-refractivity contribution in [1.82, 2.24) is 9.97 Å². The van der Waals surface area contributed by atoms with E-state index in [0.29, 0.717) is 5.69 Å². The van der Waals surface area contributed by atoms with E-state index in [1.54, 1.807) is 18.5 Å². The molecule has 4 heteroatoms. The minimum absolute atomic E-state index is 0.0172. The lowest BCUT2D eigenvalue weighted by molar-refractivity contribution is 0.101. The fourth-order valence-corrected chi connectivity index (χ4v) is 1.68. The third-order valence-electron chi connectivity index (χ3n) is 2.69. The number of rotatable bonds is 4. The van der Waals surface area contributed by atoms with Crippen molar-refractivity contribution in [3.63, 3.8) is 0 Å². The number of hydrogen-bond donors (Lipinski definition) is 0. The normalized spacial score (nSPS) is 10.1. The molecule has 0 unspecified atom stereocenters. The van der Waals surface area contributed by atoms with Crippen molar-refractivity contribution in [2.75, 3.05) is 11.9 Å². The minimum Gasteiger partial charge on any atom is -0.369 e. The quantitative estimate of drug-likeness (QED) is 0.771. The van der Waals surface area contributed by atoms with E-state index < -0.39 is 0 Å². The summed E-state index contributed by atoms with van der Waals surface area (Å²) in [4.78, 5) is 21.4. The van der Waals surface area contributed by atoms with E-state index >= 15 is 0 Å². The molecule has 0 radical (unpaired) electrons. The number of ketones is 1. The highest BCUT2D eigenvalue weighted by atomic mass is 16.1. The molecule has 0 atom stereocenters. The van der Waals surface area contributed by atoms with Crippen molar-refractivity contribution in [3.8, 4) is 0 Å². The molecule has 92 valence electrons. The van der Waals surface area contributed by atoms with Crippen molar-refractivity contribution in [2.45, 2.75) is 13.5 Å². The van der Waals surface area contributed by atoms with Gasteiger partial charge in [-0.15, -0.1) is 0 Å². The summed E-state index contributed by atoms with van der Waals surface area (Å²) in [6.07, 6.45) is 5.31. The molecule has 0 aliphatic carbocycles. The number of nitrogens with zero attached hydrogens (tertiary/aromatic N) is 3. The van der Waals surface area contributed by atoms with Crippen LogP contribution in [0.2, 0.25) is 0 Å². The third-order valence-corrected chi connectivity index (χ3v) is 2.69. The molecule has 0 amide bonds. The van der Waals surface area contributed by atoms with Gasteiger partial charge in [0, 0.05) is 32.9 Å². The predicted molar refractivity (Wildman–Crippen MR) is 70.6 cm³/mol. The molecule has 2 aromatic heterocycles. The number of carbonyl (C=O) groups excluding carboxylic acids is 1. The van der Waals surface area contributed by atoms with Crippen LogP contribution < -0.4 is 4.90 Å². The number of pyridine rings is 2. The Bertz CT molecular complexity index is 522. The number of carbonyl (C=O) groups is 1. The predicted octanol–water partition coefficient (Wildman–Crippen LogP) is 2.32. The molecule has 0 aliphatic rings. The van der Waals surface area contributed by atoms with Crippen LogP contribution in [-0.2, 0) is 6.54 Å². The largest absolute Gasteiger partial charge is 0.369 e. The van der Waals surface area contributed by atoms with Gasteiger partial charge in [0.05, 0.1) is 11.9 Å². The van der Waals surface area contributed by atoms with Gasteiger partial charge >= 0.3 is 0 Å². The molecule has 18 heavy (non-hydrogen) atoms. The van der Waals surface area contributed by atoms with Crippen LogP contribution >= 0.6 is 0 Å². The second-order valence-electron chi connectivity index (χ2n) is 4.18. The number of hydrogen-bond acceptors (Lipinski definition) is 4. The first kappa shape index (κ1) is 12.2. The molecule has 0 aromatic carbocycles. The Hall–Kier alpha value is -2.23. The van der Waals surface area contributed by atoms with E-state index in [1.165, 1.54) is 6.92 Å². The Morgan fingerprint density at radius 2 is 2.11 bits per heavy atom. The van der Waals surface area contributed by atoms with Crippen LogP contribution in [0.5, 0.6) is 0 Å². The van der Waals surface area contributed by atoms with Crippen molar-refractivity contribution < 1.29 is 4.79 Å². The van der Waals surface area contributed by atoms with Crippen LogP contribution in [0.25, 0.3) is 0 Å². The van der Waals surface area contributed by atoms with Gasteiger partial charge in [-0.2, -0.15) is 0 Å². The van der Waals surface area contributed by atoms with Gasteiger partial charge in [0.1, 0.15) is 5.69 Å². The number of anilines is 1. The van der Waals surface area contributed by atoms with E-state index in [1.807, 2.05) is 31.4 Å². The average Bonchev–Trinajstić information content (AvgIpc) is 2.40. The van der Waals surface area contributed by atoms with Gasteiger partial charge in [0.2, 0.25) is 0 Å². The molecule has 0 aliphatic heterocycles. The monoisotopic (exact) mass is 241 g/mol. The van der Waals surface area contributed by atoms with E-state index in [0.717, 1.165) is 17.8 Å². The van der Waals surface area contributed by atoms with Gasteiger partial charge in [0.25, 0.3) is 0 Å². The van der Waals surface area contributed by atoms with Gasteiger partial charge in [-0.1, -0.05) is 6.07 Å². The summed E-state index contributed by atoms with van der Waals surface area (Å²) in [5, 5.41) is 0. The SMILES string of the molecule is CC(=O)c1ccc(N(C)Cc2cccnc2)cn1. The molecule has 0 bridgehead atoms. The Morgan fingerprint density at radius 3 is 2.67 bits per heavy atom. The lowest BCUT2D eigenvalue weighted by Gasteiger charge is -2.18. The van der Waals surface area contributed by atoms with E-state index in [-0.39, 0.29) is 5.78 Å². The first-order chi connectivity index (χ1) is 8.66. The van der Waals surface area contributed by atoms with Crippen LogP contribution in [0.15, 0.2) is 42.9 Å². The highest BCUT2D eigenvalue weighted by Crippen LogP contribution is 2.14. The zero-order valence-corrected chi connectivity index (χ0v) is 10.5. The van der Waals surface area contributed by atoms with Gasteiger partial charge in [-0.25, -0.2) is 0 Å². The maximum atomic E-state index is 11.1. The van der Waals surface area contributed by atoms with Gasteiger partial charge < -0.3 is 4.90 Å². The average molecular weight is 241 g/mol. The minimum atomic E-state index is -0.0172. The van der Waals surface area contributed by atoms with Crippen molar-refractivity contribution in [2.24, 2.45) is 0 Å². The summed E-state index contributed by atoms with van der Waals surface area (Å²) in [7, 11) is 1.98. The second-order valence-corrected chi connectivity index (χ2v) is 4.18. The number of Topliss-reactive ketones (excluding diaryl/α,β-unsaturated/α-hetero) is 1. The molecule has 4 nitrogen and oxygen atoms in total. The summed E-state index contributed by atoms with van der Waals surface area (Å²) in [5.74, 6) is -0.0172. The third kappa shape index (κ3) is 2.91. The fraction of sp³-hybridized carbons (Fsp3) is 0.214. The smallest absolute Gasteiger partial charge is 0.178 e. The summed E-state index contributed by atoms with van der Waals surface area (Å²) < 4.78 is 0. The highest BCUT2D eigenvalue weighted by Gasteiger charge is 2.05. The molecule has 2 heterocycles. The summed E-state index contributed by atoms with van der Waals surface area (Å²) >= 11 is 0. The van der Waals surface area contributed by atoms with Crippen LogP contribution in [0, 0.1) is 0 Å². The molecular formula is C14H15N3O. The molecule has 0 spiro atoms. The van der Waals surface area contributed by atoms with Gasteiger partial charge in [-0.3, -0.25) is 14.8 Å². The molecule has 0 fully saturated rings. The Kier molecular flexibility index (Phi) is 3.67. The van der Waals surface area contributed by atoms with Crippen molar-refractivity contribution in [1.29, 1.82) is 0 Å². The van der Waals surface area contributed by atoms with Crippen LogP contribution in [0.3, 0.4) is 0 Å². The second kappa shape index (κ2) is 5.40. The lowest BCUT2D eigenvalue weighted by atomic mass is 10.2. The highest BCUT2D eigenvalue weighted by molar-refractivity contribution is 5.92. The first-order valence-electron chi connectivity index (χ1n) is 5.74. The molecule has 0 saturated heterocycles. The molecule has 2 rings (SSSR count). The van der Waals surface area contributed by atoms with E-state index in [4.69, 9.17) is 0 Å². The molecule has 2 aromatic rings. The summed E-state index contributed by atoms with van der Waals surface area (Å²) in [6, 6.07) is 7.60. The topological polar surface area (TPSA) is 46.1 Å². The summed E-state index contributed by atoms with van der Waals surface area (Å²) in [6.45, 7) is 2.27. The zero-order valence-electron chi connectivity index (χ0n) is 10.5. The molecule has 0 saturated carbocycles. The fourth-order valence-electron chi connectivity index (χ4n) is 1.68. The first-order valence-corrected chi connectivity index (χ1v) is 5.74. The van der Waals surface area contributed by atoms with Gasteiger partial charge in [-0.05, 0) is 23.8 Å². The Labute approximate surface area is 106 Å². The summed E-state index contributed by atoms with van der Waals surface area (Å²) in [5.41, 5.74) is 2.60. The van der Waals surface area contributed by atoms with Crippen LogP contribution in [0.4, 0.5) is 5.69 Å². The molecular weight excluding hydrogens is 226 g/mol. The maximum Gasteiger partial charge on any atom is 0.178 e. The van der Waals surface area contributed by atoms with E-state index in [2.05, 4.69) is 14.9 Å². The maximum absolute atomic E-state index is 11.1. The van der Waals surface area contributed by atoms with Gasteiger partial charge in [0.15, 0.2) is 5.78 Å². The van der Waals surface area contributed by atoms with E-state index in [9.17, 15) is 4.79 Å².